The second-order valence-electron chi connectivity index (χ2n) is 4.69. The number of aliphatic carboxylic acids is 1. The number of carboxylic acids is 1. The van der Waals surface area contributed by atoms with Crippen LogP contribution in [0.2, 0.25) is 0 Å². The first-order valence-electron chi connectivity index (χ1n) is 6.82. The van der Waals surface area contributed by atoms with Gasteiger partial charge < -0.3 is 14.7 Å². The summed E-state index contributed by atoms with van der Waals surface area (Å²) < 4.78 is 5.73. The zero-order valence-electron chi connectivity index (χ0n) is 11.5. The zero-order valence-corrected chi connectivity index (χ0v) is 12.3. The first kappa shape index (κ1) is 16.3. The molecule has 110 valence electrons. The first-order chi connectivity index (χ1) is 9.13. The van der Waals surface area contributed by atoms with Crippen molar-refractivity contribution in [3.8, 4) is 0 Å². The highest BCUT2D eigenvalue weighted by Crippen LogP contribution is 2.15. The Morgan fingerprint density at radius 3 is 2.79 bits per heavy atom. The number of thioether (sulfide) groups is 1. The Morgan fingerprint density at radius 2 is 2.11 bits per heavy atom. The molecule has 0 aliphatic carbocycles. The molecule has 1 fully saturated rings. The summed E-state index contributed by atoms with van der Waals surface area (Å²) in [5, 5.41) is 8.54. The third-order valence-electron chi connectivity index (χ3n) is 3.04. The molecule has 19 heavy (non-hydrogen) atoms. The maximum absolute atomic E-state index is 11.9. The van der Waals surface area contributed by atoms with Crippen molar-refractivity contribution in [2.75, 3.05) is 31.2 Å². The molecular formula is C13H23NO4S. The van der Waals surface area contributed by atoms with E-state index in [-0.39, 0.29) is 23.5 Å². The molecule has 1 aliphatic rings. The summed E-state index contributed by atoms with van der Waals surface area (Å²) in [6.07, 6.45) is 4.14. The van der Waals surface area contributed by atoms with E-state index in [2.05, 4.69) is 6.92 Å². The van der Waals surface area contributed by atoms with Crippen LogP contribution in [0.15, 0.2) is 0 Å². The van der Waals surface area contributed by atoms with Gasteiger partial charge in [-0.3, -0.25) is 9.59 Å². The smallest absolute Gasteiger partial charge is 0.313 e. The fourth-order valence-electron chi connectivity index (χ4n) is 2.08. The second-order valence-corrected chi connectivity index (χ2v) is 5.68. The molecule has 1 aliphatic heterocycles. The molecule has 1 heterocycles. The number of carbonyl (C=O) groups is 2. The normalized spacial score (nSPS) is 20.1. The van der Waals surface area contributed by atoms with Crippen LogP contribution in [0.5, 0.6) is 0 Å². The van der Waals surface area contributed by atoms with E-state index in [0.717, 1.165) is 57.1 Å². The molecule has 0 saturated carbocycles. The van der Waals surface area contributed by atoms with Crippen LogP contribution < -0.4 is 0 Å². The van der Waals surface area contributed by atoms with Gasteiger partial charge in [-0.25, -0.2) is 0 Å². The van der Waals surface area contributed by atoms with Crippen molar-refractivity contribution in [2.24, 2.45) is 0 Å². The van der Waals surface area contributed by atoms with Crippen LogP contribution in [0.3, 0.4) is 0 Å². The highest BCUT2D eigenvalue weighted by atomic mass is 32.2. The highest BCUT2D eigenvalue weighted by molar-refractivity contribution is 8.00. The first-order valence-corrected chi connectivity index (χ1v) is 7.98. The van der Waals surface area contributed by atoms with E-state index in [9.17, 15) is 9.59 Å². The summed E-state index contributed by atoms with van der Waals surface area (Å²) in [6, 6.07) is 0. The minimum atomic E-state index is -0.873. The fourth-order valence-corrected chi connectivity index (χ4v) is 2.72. The van der Waals surface area contributed by atoms with Crippen molar-refractivity contribution in [2.45, 2.75) is 38.7 Å². The van der Waals surface area contributed by atoms with Gasteiger partial charge in [0.2, 0.25) is 5.91 Å². The summed E-state index contributed by atoms with van der Waals surface area (Å²) in [5.41, 5.74) is 0. The van der Waals surface area contributed by atoms with Crippen molar-refractivity contribution in [1.29, 1.82) is 0 Å². The van der Waals surface area contributed by atoms with Gasteiger partial charge in [0.25, 0.3) is 0 Å². The van der Waals surface area contributed by atoms with Gasteiger partial charge in [-0.05, 0) is 25.7 Å². The quantitative estimate of drug-likeness (QED) is 0.771. The van der Waals surface area contributed by atoms with Gasteiger partial charge in [-0.1, -0.05) is 6.92 Å². The minimum Gasteiger partial charge on any atom is -0.481 e. The second kappa shape index (κ2) is 9.20. The maximum atomic E-state index is 11.9. The van der Waals surface area contributed by atoms with Crippen LogP contribution in [0.25, 0.3) is 0 Å². The van der Waals surface area contributed by atoms with E-state index in [1.807, 2.05) is 4.90 Å². The molecule has 6 heteroatoms. The minimum absolute atomic E-state index is 0.0121. The van der Waals surface area contributed by atoms with Crippen molar-refractivity contribution in [3.05, 3.63) is 0 Å². The third-order valence-corrected chi connectivity index (χ3v) is 3.94. The fraction of sp³-hybridized carbons (Fsp3) is 0.846. The Morgan fingerprint density at radius 1 is 1.32 bits per heavy atom. The molecule has 1 N–H and O–H groups in total. The lowest BCUT2D eigenvalue weighted by atomic mass is 10.2. The Labute approximate surface area is 118 Å². The predicted molar refractivity (Wildman–Crippen MR) is 75.4 cm³/mol. The number of rotatable bonds is 7. The average Bonchev–Trinajstić information content (AvgIpc) is 2.61. The average molecular weight is 289 g/mol. The molecule has 0 spiro atoms. The van der Waals surface area contributed by atoms with Gasteiger partial charge in [0, 0.05) is 19.7 Å². The molecule has 0 bridgehead atoms. The van der Waals surface area contributed by atoms with Crippen molar-refractivity contribution < 1.29 is 19.4 Å². The van der Waals surface area contributed by atoms with Gasteiger partial charge in [0.05, 0.1) is 17.6 Å². The van der Waals surface area contributed by atoms with Gasteiger partial charge in [-0.2, -0.15) is 0 Å². The Balaban J connectivity index is 2.27. The summed E-state index contributed by atoms with van der Waals surface area (Å²) >= 11 is 1.16. The standard InChI is InChI=1S/C13H23NO4S/c1-2-8-18-11-4-3-6-14(7-5-11)12(15)9-19-10-13(16)17/h11H,2-10H2,1H3,(H,16,17). The molecule has 1 amide bonds. The summed E-state index contributed by atoms with van der Waals surface area (Å²) in [6.45, 7) is 4.36. The SMILES string of the molecule is CCCOC1CCCN(C(=O)CSCC(=O)O)CC1. The monoisotopic (exact) mass is 289 g/mol. The Bertz CT molecular complexity index is 298. The molecule has 1 atom stereocenters. The molecule has 1 unspecified atom stereocenters. The maximum Gasteiger partial charge on any atom is 0.313 e. The molecule has 1 rings (SSSR count). The van der Waals surface area contributed by atoms with Crippen molar-refractivity contribution in [3.63, 3.8) is 0 Å². The number of nitrogens with zero attached hydrogens (tertiary/aromatic N) is 1. The van der Waals surface area contributed by atoms with Gasteiger partial charge in [0.1, 0.15) is 0 Å². The number of hydrogen-bond donors (Lipinski definition) is 1. The molecule has 5 nitrogen and oxygen atoms in total. The Hall–Kier alpha value is -0.750. The largest absolute Gasteiger partial charge is 0.481 e. The van der Waals surface area contributed by atoms with Crippen LogP contribution in [-0.4, -0.2) is 59.2 Å². The van der Waals surface area contributed by atoms with Crippen LogP contribution in [0, 0.1) is 0 Å². The van der Waals surface area contributed by atoms with Gasteiger partial charge >= 0.3 is 5.97 Å². The van der Waals surface area contributed by atoms with Crippen molar-refractivity contribution in [1.82, 2.24) is 4.90 Å². The van der Waals surface area contributed by atoms with Crippen LogP contribution in [-0.2, 0) is 14.3 Å². The van der Waals surface area contributed by atoms with E-state index >= 15 is 0 Å². The van der Waals surface area contributed by atoms with Crippen LogP contribution >= 0.6 is 11.8 Å². The van der Waals surface area contributed by atoms with E-state index in [1.165, 1.54) is 0 Å². The third kappa shape index (κ3) is 6.82. The van der Waals surface area contributed by atoms with E-state index in [0.29, 0.717) is 0 Å². The summed E-state index contributed by atoms with van der Waals surface area (Å²) in [5.74, 6) is -0.585. The van der Waals surface area contributed by atoms with E-state index in [4.69, 9.17) is 9.84 Å². The van der Waals surface area contributed by atoms with Crippen LogP contribution in [0.4, 0.5) is 0 Å². The molecule has 0 aromatic rings. The summed E-state index contributed by atoms with van der Waals surface area (Å²) in [4.78, 5) is 24.2. The number of hydrogen-bond acceptors (Lipinski definition) is 4. The number of amides is 1. The lowest BCUT2D eigenvalue weighted by Gasteiger charge is -2.20. The lowest BCUT2D eigenvalue weighted by molar-refractivity contribution is -0.133. The van der Waals surface area contributed by atoms with Gasteiger partial charge in [0.15, 0.2) is 0 Å². The number of likely N-dealkylation sites (tertiary alicyclic amines) is 1. The number of ether oxygens (including phenoxy) is 1. The molecular weight excluding hydrogens is 266 g/mol. The Kier molecular flexibility index (Phi) is 7.90. The van der Waals surface area contributed by atoms with Crippen LogP contribution in [0.1, 0.15) is 32.6 Å². The topological polar surface area (TPSA) is 66.8 Å². The van der Waals surface area contributed by atoms with E-state index < -0.39 is 5.97 Å². The predicted octanol–water partition coefficient (Wildman–Crippen LogP) is 1.61. The zero-order chi connectivity index (χ0) is 14.1. The molecule has 1 saturated heterocycles. The summed E-state index contributed by atoms with van der Waals surface area (Å²) in [7, 11) is 0. The highest BCUT2D eigenvalue weighted by Gasteiger charge is 2.20. The van der Waals surface area contributed by atoms with Gasteiger partial charge in [-0.15, -0.1) is 11.8 Å². The lowest BCUT2D eigenvalue weighted by Crippen LogP contribution is -2.33. The number of carbonyl (C=O) groups excluding carboxylic acids is 1. The number of carboxylic acid groups (broad SMARTS) is 1. The molecule has 0 aromatic carbocycles. The molecule has 0 radical (unpaired) electrons. The van der Waals surface area contributed by atoms with E-state index in [1.54, 1.807) is 0 Å². The van der Waals surface area contributed by atoms with Crippen molar-refractivity contribution >= 4 is 23.6 Å². The molecule has 0 aromatic heterocycles.